The van der Waals surface area contributed by atoms with Crippen molar-refractivity contribution in [2.24, 2.45) is 0 Å². The van der Waals surface area contributed by atoms with E-state index in [9.17, 15) is 4.39 Å². The van der Waals surface area contributed by atoms with Crippen LogP contribution in [0, 0.1) is 19.7 Å². The number of hydrogen-bond acceptors (Lipinski definition) is 2. The largest absolute Gasteiger partial charge is 0.466 e. The molecule has 1 aromatic heterocycles. The summed E-state index contributed by atoms with van der Waals surface area (Å²) in [6, 6.07) is 7.22. The normalized spacial score (nSPS) is 12.7. The number of halogens is 2. The highest BCUT2D eigenvalue weighted by atomic mass is 79.9. The first-order valence-electron chi connectivity index (χ1n) is 6.19. The number of benzene rings is 1. The first-order chi connectivity index (χ1) is 9.01. The Bertz CT molecular complexity index is 580. The maximum absolute atomic E-state index is 13.9. The molecule has 1 N–H and O–H groups in total. The van der Waals surface area contributed by atoms with Crippen LogP contribution >= 0.6 is 15.9 Å². The van der Waals surface area contributed by atoms with Gasteiger partial charge < -0.3 is 9.73 Å². The molecular formula is C15H17BrFNO. The van der Waals surface area contributed by atoms with E-state index in [2.05, 4.69) is 21.2 Å². The second-order valence-corrected chi connectivity index (χ2v) is 5.57. The van der Waals surface area contributed by atoms with E-state index in [1.807, 2.05) is 39.1 Å². The lowest BCUT2D eigenvalue weighted by atomic mass is 9.99. The van der Waals surface area contributed by atoms with Crippen molar-refractivity contribution in [3.05, 3.63) is 57.2 Å². The minimum absolute atomic E-state index is 0.0492. The van der Waals surface area contributed by atoms with Gasteiger partial charge in [-0.3, -0.25) is 0 Å². The molecule has 0 aliphatic rings. The van der Waals surface area contributed by atoms with E-state index >= 15 is 0 Å². The Balaban J connectivity index is 2.26. The van der Waals surface area contributed by atoms with Crippen molar-refractivity contribution in [2.45, 2.75) is 26.3 Å². The van der Waals surface area contributed by atoms with Crippen molar-refractivity contribution in [2.75, 3.05) is 7.05 Å². The molecule has 0 bridgehead atoms. The van der Waals surface area contributed by atoms with Crippen molar-refractivity contribution in [1.82, 2.24) is 5.32 Å². The predicted molar refractivity (Wildman–Crippen MR) is 77.8 cm³/mol. The van der Waals surface area contributed by atoms with Gasteiger partial charge in [-0.15, -0.1) is 0 Å². The third-order valence-electron chi connectivity index (χ3n) is 3.24. The van der Waals surface area contributed by atoms with E-state index in [0.29, 0.717) is 12.0 Å². The van der Waals surface area contributed by atoms with Crippen molar-refractivity contribution >= 4 is 15.9 Å². The molecule has 1 heterocycles. The number of rotatable bonds is 4. The Labute approximate surface area is 121 Å². The third kappa shape index (κ3) is 3.25. The summed E-state index contributed by atoms with van der Waals surface area (Å²) in [5.74, 6) is 1.57. The van der Waals surface area contributed by atoms with Gasteiger partial charge in [0.1, 0.15) is 17.3 Å². The molecule has 0 fully saturated rings. The fraction of sp³-hybridized carbons (Fsp3) is 0.333. The molecule has 4 heteroatoms. The zero-order valence-corrected chi connectivity index (χ0v) is 12.8. The van der Waals surface area contributed by atoms with E-state index in [-0.39, 0.29) is 11.9 Å². The maximum Gasteiger partial charge on any atom is 0.127 e. The first kappa shape index (κ1) is 14.3. The van der Waals surface area contributed by atoms with Crippen LogP contribution in [0.15, 0.2) is 33.2 Å². The number of aryl methyl sites for hydroxylation is 2. The quantitative estimate of drug-likeness (QED) is 0.906. The molecule has 0 radical (unpaired) electrons. The number of furan rings is 1. The minimum atomic E-state index is -0.188. The van der Waals surface area contributed by atoms with Crippen LogP contribution in [0.3, 0.4) is 0 Å². The molecule has 0 saturated carbocycles. The standard InChI is InChI=1S/C15H17BrFNO/c1-9-6-13(10(2)19-9)15(18-3)7-11-4-5-12(16)8-14(11)17/h4-6,8,15,18H,7H2,1-3H3. The Kier molecular flexibility index (Phi) is 4.42. The average Bonchev–Trinajstić information content (AvgIpc) is 2.68. The summed E-state index contributed by atoms with van der Waals surface area (Å²) >= 11 is 3.27. The topological polar surface area (TPSA) is 25.2 Å². The lowest BCUT2D eigenvalue weighted by Gasteiger charge is -2.16. The van der Waals surface area contributed by atoms with Gasteiger partial charge in [-0.1, -0.05) is 22.0 Å². The van der Waals surface area contributed by atoms with Crippen LogP contribution in [0.25, 0.3) is 0 Å². The first-order valence-corrected chi connectivity index (χ1v) is 6.98. The van der Waals surface area contributed by atoms with Gasteiger partial charge in [0.2, 0.25) is 0 Å². The zero-order chi connectivity index (χ0) is 14.0. The fourth-order valence-corrected chi connectivity index (χ4v) is 2.60. The maximum atomic E-state index is 13.9. The van der Waals surface area contributed by atoms with Gasteiger partial charge in [-0.05, 0) is 51.1 Å². The highest BCUT2D eigenvalue weighted by molar-refractivity contribution is 9.10. The number of hydrogen-bond donors (Lipinski definition) is 1. The van der Waals surface area contributed by atoms with Gasteiger partial charge in [-0.25, -0.2) is 4.39 Å². The summed E-state index contributed by atoms with van der Waals surface area (Å²) in [5.41, 5.74) is 1.78. The van der Waals surface area contributed by atoms with Crippen LogP contribution in [0.4, 0.5) is 4.39 Å². The van der Waals surface area contributed by atoms with Crippen LogP contribution in [-0.4, -0.2) is 7.05 Å². The third-order valence-corrected chi connectivity index (χ3v) is 3.74. The summed E-state index contributed by atoms with van der Waals surface area (Å²) in [7, 11) is 1.88. The van der Waals surface area contributed by atoms with Crippen LogP contribution < -0.4 is 5.32 Å². The van der Waals surface area contributed by atoms with Crippen LogP contribution in [0.2, 0.25) is 0 Å². The molecule has 0 spiro atoms. The fourth-order valence-electron chi connectivity index (χ4n) is 2.27. The zero-order valence-electron chi connectivity index (χ0n) is 11.3. The summed E-state index contributed by atoms with van der Waals surface area (Å²) in [5, 5.41) is 3.22. The lowest BCUT2D eigenvalue weighted by molar-refractivity contribution is 0.488. The second kappa shape index (κ2) is 5.88. The molecule has 2 rings (SSSR count). The van der Waals surface area contributed by atoms with E-state index in [1.54, 1.807) is 0 Å². The Hall–Kier alpha value is -1.13. The van der Waals surface area contributed by atoms with E-state index < -0.39 is 0 Å². The molecule has 2 aromatic rings. The van der Waals surface area contributed by atoms with Crippen LogP contribution in [-0.2, 0) is 6.42 Å². The summed E-state index contributed by atoms with van der Waals surface area (Å²) in [6.07, 6.45) is 0.593. The molecule has 0 saturated heterocycles. The smallest absolute Gasteiger partial charge is 0.127 e. The van der Waals surface area contributed by atoms with E-state index in [1.165, 1.54) is 6.07 Å². The monoisotopic (exact) mass is 325 g/mol. The molecular weight excluding hydrogens is 309 g/mol. The summed E-state index contributed by atoms with van der Waals surface area (Å²) in [6.45, 7) is 3.86. The van der Waals surface area contributed by atoms with Gasteiger partial charge in [-0.2, -0.15) is 0 Å². The SMILES string of the molecule is CNC(Cc1ccc(Br)cc1F)c1cc(C)oc1C. The molecule has 1 aromatic carbocycles. The van der Waals surface area contributed by atoms with Crippen molar-refractivity contribution in [3.63, 3.8) is 0 Å². The molecule has 0 aliphatic carbocycles. The summed E-state index contributed by atoms with van der Waals surface area (Å²) in [4.78, 5) is 0. The average molecular weight is 326 g/mol. The van der Waals surface area contributed by atoms with Gasteiger partial charge in [0.15, 0.2) is 0 Å². The number of likely N-dealkylation sites (N-methyl/N-ethyl adjacent to an activating group) is 1. The van der Waals surface area contributed by atoms with Crippen molar-refractivity contribution in [3.8, 4) is 0 Å². The Morgan fingerprint density at radius 3 is 2.58 bits per heavy atom. The predicted octanol–water partition coefficient (Wildman–Crippen LogP) is 4.30. The molecule has 102 valence electrons. The Morgan fingerprint density at radius 2 is 2.05 bits per heavy atom. The highest BCUT2D eigenvalue weighted by Gasteiger charge is 2.17. The summed E-state index contributed by atoms with van der Waals surface area (Å²) < 4.78 is 20.2. The molecule has 2 nitrogen and oxygen atoms in total. The molecule has 0 aliphatic heterocycles. The lowest BCUT2D eigenvalue weighted by Crippen LogP contribution is -2.19. The Morgan fingerprint density at radius 1 is 1.32 bits per heavy atom. The van der Waals surface area contributed by atoms with Crippen LogP contribution in [0.5, 0.6) is 0 Å². The molecule has 0 amide bonds. The molecule has 19 heavy (non-hydrogen) atoms. The van der Waals surface area contributed by atoms with Crippen LogP contribution in [0.1, 0.15) is 28.7 Å². The minimum Gasteiger partial charge on any atom is -0.466 e. The van der Waals surface area contributed by atoms with E-state index in [4.69, 9.17) is 4.42 Å². The van der Waals surface area contributed by atoms with E-state index in [0.717, 1.165) is 21.6 Å². The van der Waals surface area contributed by atoms with Crippen molar-refractivity contribution < 1.29 is 8.81 Å². The molecule has 1 atom stereocenters. The van der Waals surface area contributed by atoms with Gasteiger partial charge in [0, 0.05) is 16.1 Å². The molecule has 1 unspecified atom stereocenters. The van der Waals surface area contributed by atoms with Gasteiger partial charge >= 0.3 is 0 Å². The van der Waals surface area contributed by atoms with Crippen molar-refractivity contribution in [1.29, 1.82) is 0 Å². The second-order valence-electron chi connectivity index (χ2n) is 4.65. The highest BCUT2D eigenvalue weighted by Crippen LogP contribution is 2.26. The van der Waals surface area contributed by atoms with Gasteiger partial charge in [0.25, 0.3) is 0 Å². The van der Waals surface area contributed by atoms with Gasteiger partial charge in [0.05, 0.1) is 0 Å². The number of nitrogens with one attached hydrogen (secondary N) is 1.